The molecule has 0 aliphatic heterocycles. The van der Waals surface area contributed by atoms with Crippen LogP contribution in [0.5, 0.6) is 0 Å². The Morgan fingerprint density at radius 2 is 0.764 bits per heavy atom. The highest BCUT2D eigenvalue weighted by atomic mass is 14.5. The van der Waals surface area contributed by atoms with Crippen molar-refractivity contribution < 1.29 is 0 Å². The highest BCUT2D eigenvalue weighted by molar-refractivity contribution is 6.19. The molecular formula is C55H32. The van der Waals surface area contributed by atoms with Crippen LogP contribution in [0.3, 0.4) is 0 Å². The van der Waals surface area contributed by atoms with Gasteiger partial charge in [-0.25, -0.2) is 0 Å². The summed E-state index contributed by atoms with van der Waals surface area (Å²) in [5, 5.41) is 7.87. The van der Waals surface area contributed by atoms with Crippen molar-refractivity contribution in [3.05, 3.63) is 216 Å². The van der Waals surface area contributed by atoms with Crippen LogP contribution in [0, 0.1) is 0 Å². The fraction of sp³-hybridized carbons (Fsp3) is 0.0182. The van der Waals surface area contributed by atoms with E-state index in [1.54, 1.807) is 0 Å². The van der Waals surface area contributed by atoms with E-state index in [0.717, 1.165) is 0 Å². The molecule has 3 aliphatic carbocycles. The quantitative estimate of drug-likeness (QED) is 0.169. The van der Waals surface area contributed by atoms with Crippen LogP contribution in [0.4, 0.5) is 0 Å². The monoisotopic (exact) mass is 692 g/mol. The van der Waals surface area contributed by atoms with E-state index in [-0.39, 0.29) is 0 Å². The van der Waals surface area contributed by atoms with Crippen LogP contribution in [0.1, 0.15) is 22.3 Å². The van der Waals surface area contributed by atoms with Gasteiger partial charge in [0.2, 0.25) is 0 Å². The molecule has 0 heterocycles. The Labute approximate surface area is 319 Å². The number of fused-ring (bicyclic) bond motifs is 17. The summed E-state index contributed by atoms with van der Waals surface area (Å²) in [4.78, 5) is 0. The summed E-state index contributed by atoms with van der Waals surface area (Å²) >= 11 is 0. The second kappa shape index (κ2) is 10.6. The van der Waals surface area contributed by atoms with E-state index < -0.39 is 5.41 Å². The number of benzene rings is 10. The highest BCUT2D eigenvalue weighted by Crippen LogP contribution is 2.65. The summed E-state index contributed by atoms with van der Waals surface area (Å²) in [7, 11) is 0. The molecule has 0 fully saturated rings. The summed E-state index contributed by atoms with van der Waals surface area (Å²) in [6, 6.07) is 73.2. The molecule has 0 radical (unpaired) electrons. The Bertz CT molecular complexity index is 3250. The molecule has 0 nitrogen and oxygen atoms in total. The lowest BCUT2D eigenvalue weighted by Crippen LogP contribution is -2.26. The van der Waals surface area contributed by atoms with Crippen molar-refractivity contribution in [1.29, 1.82) is 0 Å². The zero-order valence-electron chi connectivity index (χ0n) is 30.0. The smallest absolute Gasteiger partial charge is 0.0619 e. The molecule has 0 amide bonds. The van der Waals surface area contributed by atoms with E-state index in [4.69, 9.17) is 0 Å². The summed E-state index contributed by atoms with van der Waals surface area (Å²) in [5.41, 5.74) is 20.8. The Kier molecular flexibility index (Phi) is 5.65. The van der Waals surface area contributed by atoms with Crippen molar-refractivity contribution in [3.63, 3.8) is 0 Å². The Balaban J connectivity index is 1.02. The lowest BCUT2D eigenvalue weighted by Gasteiger charge is -2.32. The molecule has 0 saturated heterocycles. The minimum absolute atomic E-state index is 0.422. The average Bonchev–Trinajstić information content (AvgIpc) is 3.86. The molecule has 0 atom stereocenters. The molecule has 0 aromatic heterocycles. The van der Waals surface area contributed by atoms with Gasteiger partial charge in [-0.1, -0.05) is 182 Å². The average molecular weight is 693 g/mol. The molecule has 1 spiro atoms. The maximum Gasteiger partial charge on any atom is 0.0737 e. The van der Waals surface area contributed by atoms with E-state index in [9.17, 15) is 0 Å². The van der Waals surface area contributed by atoms with Crippen LogP contribution in [0.2, 0.25) is 0 Å². The van der Waals surface area contributed by atoms with E-state index in [1.165, 1.54) is 121 Å². The van der Waals surface area contributed by atoms with E-state index in [0.29, 0.717) is 0 Å². The summed E-state index contributed by atoms with van der Waals surface area (Å²) in [6.45, 7) is 0. The first-order valence-corrected chi connectivity index (χ1v) is 19.3. The fourth-order valence-electron chi connectivity index (χ4n) is 10.9. The second-order valence-corrected chi connectivity index (χ2v) is 15.5. The van der Waals surface area contributed by atoms with Crippen molar-refractivity contribution in [1.82, 2.24) is 0 Å². The Morgan fingerprint density at radius 1 is 0.255 bits per heavy atom. The van der Waals surface area contributed by atoms with Crippen LogP contribution in [0.15, 0.2) is 194 Å². The summed E-state index contributed by atoms with van der Waals surface area (Å²) < 4.78 is 0. The van der Waals surface area contributed by atoms with Crippen LogP contribution in [0.25, 0.3) is 99.1 Å². The first-order valence-electron chi connectivity index (χ1n) is 19.3. The molecule has 10 aromatic rings. The van der Waals surface area contributed by atoms with Crippen molar-refractivity contribution in [2.45, 2.75) is 5.41 Å². The molecule has 0 N–H and O–H groups in total. The zero-order chi connectivity index (χ0) is 35.8. The minimum atomic E-state index is -0.422. The van der Waals surface area contributed by atoms with Crippen molar-refractivity contribution in [3.8, 4) is 66.8 Å². The molecule has 10 aromatic carbocycles. The van der Waals surface area contributed by atoms with Crippen molar-refractivity contribution in [2.24, 2.45) is 0 Å². The van der Waals surface area contributed by atoms with Gasteiger partial charge >= 0.3 is 0 Å². The molecule has 0 unspecified atom stereocenters. The van der Waals surface area contributed by atoms with Gasteiger partial charge in [0.05, 0.1) is 5.41 Å². The normalized spacial score (nSPS) is 13.6. The molecule has 0 saturated carbocycles. The third-order valence-electron chi connectivity index (χ3n) is 13.0. The Morgan fingerprint density at radius 3 is 1.53 bits per heavy atom. The number of hydrogen-bond acceptors (Lipinski definition) is 0. The maximum absolute atomic E-state index is 2.42. The van der Waals surface area contributed by atoms with Crippen LogP contribution in [-0.2, 0) is 5.41 Å². The molecular weight excluding hydrogens is 661 g/mol. The van der Waals surface area contributed by atoms with Crippen LogP contribution >= 0.6 is 0 Å². The predicted octanol–water partition coefficient (Wildman–Crippen LogP) is 14.5. The summed E-state index contributed by atoms with van der Waals surface area (Å²) in [5.74, 6) is 0. The second-order valence-electron chi connectivity index (χ2n) is 15.5. The van der Waals surface area contributed by atoms with Gasteiger partial charge in [0, 0.05) is 0 Å². The van der Waals surface area contributed by atoms with E-state index in [1.807, 2.05) is 0 Å². The molecule has 0 heteroatoms. The third-order valence-corrected chi connectivity index (χ3v) is 13.0. The third kappa shape index (κ3) is 3.67. The van der Waals surface area contributed by atoms with Crippen LogP contribution < -0.4 is 0 Å². The molecule has 13 rings (SSSR count). The largest absolute Gasteiger partial charge is 0.0737 e. The maximum atomic E-state index is 2.42. The molecule has 55 heavy (non-hydrogen) atoms. The minimum Gasteiger partial charge on any atom is -0.0619 e. The van der Waals surface area contributed by atoms with Gasteiger partial charge < -0.3 is 0 Å². The molecule has 252 valence electrons. The van der Waals surface area contributed by atoms with Crippen molar-refractivity contribution in [2.75, 3.05) is 0 Å². The lowest BCUT2D eigenvalue weighted by molar-refractivity contribution is 0.809. The van der Waals surface area contributed by atoms with E-state index in [2.05, 4.69) is 194 Å². The molecule has 0 bridgehead atoms. The number of hydrogen-bond donors (Lipinski definition) is 0. The molecule has 3 aliphatic rings. The zero-order valence-corrected chi connectivity index (χ0v) is 30.0. The SMILES string of the molecule is c1cc(-c2ccc3c4c(ccc3c2)-c2ccc3ccccc3c2C42c3ccccc3-c3ccccc32)cc(-c2ccc3c4c(cccc24)-c2ccccc2-3)c1. The van der Waals surface area contributed by atoms with Gasteiger partial charge in [0.1, 0.15) is 0 Å². The number of rotatable bonds is 2. The van der Waals surface area contributed by atoms with Crippen molar-refractivity contribution >= 4 is 32.3 Å². The topological polar surface area (TPSA) is 0 Å². The van der Waals surface area contributed by atoms with Gasteiger partial charge in [-0.2, -0.15) is 0 Å². The predicted molar refractivity (Wildman–Crippen MR) is 231 cm³/mol. The van der Waals surface area contributed by atoms with E-state index >= 15 is 0 Å². The van der Waals surface area contributed by atoms with Gasteiger partial charge in [-0.15, -0.1) is 0 Å². The Hall–Kier alpha value is -7.02. The standard InChI is InChI=1S/C55H32/c1-2-14-39-33(11-1)23-27-48-49-28-25-37-32-35(24-26-40(37)54(49)55(53(39)48)50-21-7-5-17-43(50)44-18-6-8-22-51(44)55)34-12-9-13-36(31-34)38-29-30-47-42-16-4-3-15-41(42)46-20-10-19-45(38)52(46)47/h1-32H. The van der Waals surface area contributed by atoms with Crippen LogP contribution in [-0.4, -0.2) is 0 Å². The van der Waals surface area contributed by atoms with Gasteiger partial charge in [-0.05, 0) is 133 Å². The van der Waals surface area contributed by atoms with Gasteiger partial charge in [0.25, 0.3) is 0 Å². The van der Waals surface area contributed by atoms with Gasteiger partial charge in [0.15, 0.2) is 0 Å². The summed E-state index contributed by atoms with van der Waals surface area (Å²) in [6.07, 6.45) is 0. The first-order chi connectivity index (χ1) is 27.3. The highest BCUT2D eigenvalue weighted by Gasteiger charge is 2.53. The first kappa shape index (κ1) is 29.4. The lowest BCUT2D eigenvalue weighted by atomic mass is 9.68. The fourth-order valence-corrected chi connectivity index (χ4v) is 10.9. The van der Waals surface area contributed by atoms with Gasteiger partial charge in [-0.3, -0.25) is 0 Å².